The normalized spacial score (nSPS) is 35.2. The predicted octanol–water partition coefficient (Wildman–Crippen LogP) is -0.0736. The van der Waals surface area contributed by atoms with E-state index in [1.54, 1.807) is 6.92 Å². The van der Waals surface area contributed by atoms with Gasteiger partial charge >= 0.3 is 0 Å². The highest BCUT2D eigenvalue weighted by molar-refractivity contribution is 5.97. The molecule has 7 N–H and O–H groups in total. The summed E-state index contributed by atoms with van der Waals surface area (Å²) in [4.78, 5) is 18.3. The molecule has 2 aromatic carbocycles. The molecule has 1 amide bonds. The van der Waals surface area contributed by atoms with Gasteiger partial charge < -0.3 is 59.7 Å². The standard InChI is InChI=1S/C31H38N2O12/c1-15(29(39)32-21-22(35)24(37)27-26(23(21)36)41-14-42-27)11-18-9-10-20(19(34)12-18)44-30-31(3,40)28(38)25(45-30)16(2)33-43-13-17-7-5-4-6-8-17/h4-12,21-28,30,34-38,40H,13-14H2,1-3H3,(H,32,39)/b15-11+,33-16+/t21?,22-,23+,24+,25+,26-,27+,28+,30+,31?/m0/s1. The van der Waals surface area contributed by atoms with Crippen molar-refractivity contribution >= 4 is 17.7 Å². The smallest absolute Gasteiger partial charge is 0.247 e. The van der Waals surface area contributed by atoms with E-state index in [2.05, 4.69) is 10.5 Å². The Balaban J connectivity index is 1.21. The summed E-state index contributed by atoms with van der Waals surface area (Å²) in [6, 6.07) is 12.4. The Morgan fingerprint density at radius 2 is 1.73 bits per heavy atom. The fraction of sp³-hybridized carbons (Fsp3) is 0.484. The number of oxime groups is 1. The number of fused-ring (bicyclic) bond motifs is 1. The number of nitrogens with zero attached hydrogens (tertiary/aromatic N) is 1. The fourth-order valence-electron chi connectivity index (χ4n) is 5.48. The van der Waals surface area contributed by atoms with Gasteiger partial charge in [0.25, 0.3) is 0 Å². The molecule has 2 aromatic rings. The molecule has 2 unspecified atom stereocenters. The molecule has 2 heterocycles. The number of carbonyl (C=O) groups is 1. The van der Waals surface area contributed by atoms with Crippen LogP contribution in [-0.4, -0.2) is 110 Å². The number of aromatic hydroxyl groups is 1. The molecule has 0 aromatic heterocycles. The highest BCUT2D eigenvalue weighted by Gasteiger charge is 2.55. The van der Waals surface area contributed by atoms with Gasteiger partial charge in [-0.15, -0.1) is 0 Å². The monoisotopic (exact) mass is 630 g/mol. The highest BCUT2D eigenvalue weighted by atomic mass is 16.7. The summed E-state index contributed by atoms with van der Waals surface area (Å²) in [5.41, 5.74) is -0.137. The van der Waals surface area contributed by atoms with Gasteiger partial charge in [-0.3, -0.25) is 4.79 Å². The van der Waals surface area contributed by atoms with Gasteiger partial charge in [-0.2, -0.15) is 0 Å². The molecule has 0 bridgehead atoms. The number of rotatable bonds is 9. The molecule has 3 fully saturated rings. The predicted molar refractivity (Wildman–Crippen MR) is 157 cm³/mol. The number of phenols is 1. The Bertz CT molecular complexity index is 1420. The van der Waals surface area contributed by atoms with Gasteiger partial charge in [0.05, 0.1) is 11.8 Å². The van der Waals surface area contributed by atoms with Crippen molar-refractivity contribution in [3.63, 3.8) is 0 Å². The first-order valence-electron chi connectivity index (χ1n) is 14.4. The van der Waals surface area contributed by atoms with Crippen LogP contribution in [0.4, 0.5) is 0 Å². The zero-order chi connectivity index (χ0) is 32.5. The molecule has 3 aliphatic rings. The van der Waals surface area contributed by atoms with E-state index in [-0.39, 0.29) is 36.2 Å². The molecular weight excluding hydrogens is 592 g/mol. The Hall–Kier alpha value is -3.60. The minimum atomic E-state index is -1.88. The molecule has 10 atom stereocenters. The first-order chi connectivity index (χ1) is 21.4. The van der Waals surface area contributed by atoms with Crippen LogP contribution in [0, 0.1) is 0 Å². The number of nitrogens with one attached hydrogen (secondary N) is 1. The lowest BCUT2D eigenvalue weighted by molar-refractivity contribution is -0.155. The number of ether oxygens (including phenoxy) is 4. The SMILES string of the molecule is C/C(=C\c1ccc(O[C@@H]2O[C@H](/C(C)=N/OCc3ccccc3)[C@@H](O)C2(C)O)c(O)c1)C(=O)NC1[C@@H](O)[C@@H]2OCO[C@@H]2[C@H](O)[C@H]1O. The summed E-state index contributed by atoms with van der Waals surface area (Å²) in [5, 5.41) is 70.3. The maximum Gasteiger partial charge on any atom is 0.247 e. The van der Waals surface area contributed by atoms with Gasteiger partial charge in [0.1, 0.15) is 56.1 Å². The lowest BCUT2D eigenvalue weighted by atomic mass is 9.83. The van der Waals surface area contributed by atoms with Crippen molar-refractivity contribution in [2.75, 3.05) is 6.79 Å². The molecule has 244 valence electrons. The molecule has 2 saturated heterocycles. The zero-order valence-electron chi connectivity index (χ0n) is 24.9. The van der Waals surface area contributed by atoms with Crippen LogP contribution < -0.4 is 10.1 Å². The summed E-state index contributed by atoms with van der Waals surface area (Å²) >= 11 is 0. The zero-order valence-corrected chi connectivity index (χ0v) is 24.9. The van der Waals surface area contributed by atoms with E-state index < -0.39 is 66.6 Å². The van der Waals surface area contributed by atoms with Crippen molar-refractivity contribution in [1.82, 2.24) is 5.32 Å². The van der Waals surface area contributed by atoms with Crippen LogP contribution in [0.15, 0.2) is 59.3 Å². The summed E-state index contributed by atoms with van der Waals surface area (Å²) < 4.78 is 22.0. The maximum atomic E-state index is 12.9. The van der Waals surface area contributed by atoms with Crippen LogP contribution in [-0.2, 0) is 30.4 Å². The molecular formula is C31H38N2O12. The number of benzene rings is 2. The number of aliphatic hydroxyl groups is 5. The van der Waals surface area contributed by atoms with Crippen molar-refractivity contribution in [2.45, 2.75) is 88.0 Å². The number of amides is 1. The number of hydrogen-bond acceptors (Lipinski definition) is 13. The Morgan fingerprint density at radius 3 is 2.42 bits per heavy atom. The number of carbonyl (C=O) groups excluding carboxylic acids is 1. The van der Waals surface area contributed by atoms with Gasteiger partial charge in [0, 0.05) is 5.57 Å². The number of phenolic OH excluding ortho intramolecular Hbond substituents is 1. The quantitative estimate of drug-likeness (QED) is 0.110. The van der Waals surface area contributed by atoms with Crippen molar-refractivity contribution in [3.05, 3.63) is 65.2 Å². The van der Waals surface area contributed by atoms with Crippen molar-refractivity contribution in [3.8, 4) is 11.5 Å². The van der Waals surface area contributed by atoms with Gasteiger partial charge in [0.2, 0.25) is 12.2 Å². The molecule has 0 spiro atoms. The first-order valence-corrected chi connectivity index (χ1v) is 14.4. The fourth-order valence-corrected chi connectivity index (χ4v) is 5.48. The second-order valence-corrected chi connectivity index (χ2v) is 11.6. The highest BCUT2D eigenvalue weighted by Crippen LogP contribution is 2.37. The number of aliphatic hydroxyl groups excluding tert-OH is 4. The number of hydrogen-bond donors (Lipinski definition) is 7. The van der Waals surface area contributed by atoms with Crippen LogP contribution in [0.1, 0.15) is 31.9 Å². The average Bonchev–Trinajstić information content (AvgIpc) is 3.59. The lowest BCUT2D eigenvalue weighted by Crippen LogP contribution is -2.67. The minimum absolute atomic E-state index is 0.0573. The van der Waals surface area contributed by atoms with E-state index in [0.717, 1.165) is 5.56 Å². The second kappa shape index (κ2) is 13.4. The Labute approximate surface area is 259 Å². The molecule has 45 heavy (non-hydrogen) atoms. The summed E-state index contributed by atoms with van der Waals surface area (Å²) in [6.45, 7) is 4.46. The van der Waals surface area contributed by atoms with Crippen LogP contribution in [0.5, 0.6) is 11.5 Å². The van der Waals surface area contributed by atoms with Gasteiger partial charge in [-0.05, 0) is 50.1 Å². The first kappa shape index (κ1) is 32.8. The topological polar surface area (TPSA) is 209 Å². The van der Waals surface area contributed by atoms with Crippen molar-refractivity contribution in [1.29, 1.82) is 0 Å². The van der Waals surface area contributed by atoms with E-state index in [1.807, 2.05) is 30.3 Å². The largest absolute Gasteiger partial charge is 0.504 e. The van der Waals surface area contributed by atoms with Crippen molar-refractivity contribution < 1.29 is 59.2 Å². The maximum absolute atomic E-state index is 12.9. The van der Waals surface area contributed by atoms with Crippen LogP contribution in [0.25, 0.3) is 6.08 Å². The van der Waals surface area contributed by atoms with Crippen LogP contribution in [0.2, 0.25) is 0 Å². The second-order valence-electron chi connectivity index (χ2n) is 11.6. The van der Waals surface area contributed by atoms with Gasteiger partial charge in [0.15, 0.2) is 17.1 Å². The molecule has 0 radical (unpaired) electrons. The molecule has 2 aliphatic heterocycles. The average molecular weight is 631 g/mol. The van der Waals surface area contributed by atoms with E-state index in [0.29, 0.717) is 5.56 Å². The molecule has 14 heteroatoms. The van der Waals surface area contributed by atoms with E-state index in [9.17, 15) is 35.4 Å². The molecule has 5 rings (SSSR count). The summed E-state index contributed by atoms with van der Waals surface area (Å²) in [6.07, 6.45) is -8.40. The molecule has 1 saturated carbocycles. The van der Waals surface area contributed by atoms with Crippen LogP contribution >= 0.6 is 0 Å². The Kier molecular flexibility index (Phi) is 9.77. The third kappa shape index (κ3) is 6.83. The third-order valence-electron chi connectivity index (χ3n) is 8.19. The van der Waals surface area contributed by atoms with Crippen molar-refractivity contribution in [2.24, 2.45) is 5.16 Å². The summed E-state index contributed by atoms with van der Waals surface area (Å²) in [7, 11) is 0. The van der Waals surface area contributed by atoms with Gasteiger partial charge in [-0.25, -0.2) is 0 Å². The van der Waals surface area contributed by atoms with E-state index in [4.69, 9.17) is 23.8 Å². The van der Waals surface area contributed by atoms with Crippen LogP contribution in [0.3, 0.4) is 0 Å². The minimum Gasteiger partial charge on any atom is -0.504 e. The van der Waals surface area contributed by atoms with Gasteiger partial charge in [-0.1, -0.05) is 41.6 Å². The third-order valence-corrected chi connectivity index (χ3v) is 8.19. The molecule has 1 aliphatic carbocycles. The van der Waals surface area contributed by atoms with E-state index >= 15 is 0 Å². The lowest BCUT2D eigenvalue weighted by Gasteiger charge is -2.41. The van der Waals surface area contributed by atoms with E-state index in [1.165, 1.54) is 38.1 Å². The summed E-state index contributed by atoms with van der Waals surface area (Å²) in [5.74, 6) is -1.03. The molecule has 14 nitrogen and oxygen atoms in total. The Morgan fingerprint density at radius 1 is 1.04 bits per heavy atom.